The third-order valence-electron chi connectivity index (χ3n) is 1.89. The van der Waals surface area contributed by atoms with Gasteiger partial charge in [0.2, 0.25) is 0 Å². The van der Waals surface area contributed by atoms with Gasteiger partial charge in [0.15, 0.2) is 4.67 Å². The van der Waals surface area contributed by atoms with Crippen LogP contribution in [0.4, 0.5) is 0 Å². The quantitative estimate of drug-likeness (QED) is 0.800. The Bertz CT molecular complexity index is 496. The van der Waals surface area contributed by atoms with E-state index in [1.165, 1.54) is 0 Å². The second-order valence-corrected chi connectivity index (χ2v) is 4.69. The van der Waals surface area contributed by atoms with Crippen LogP contribution >= 0.6 is 39.1 Å². The van der Waals surface area contributed by atoms with E-state index in [9.17, 15) is 0 Å². The molecule has 0 fully saturated rings. The van der Waals surface area contributed by atoms with Crippen molar-refractivity contribution in [3.8, 4) is 5.75 Å². The van der Waals surface area contributed by atoms with E-state index in [1.54, 1.807) is 24.3 Å². The SMILES string of the molecule is Clc1ccc(Cl)c(OCc2ccc(Br)o2)c1. The average Bonchev–Trinajstić information content (AvgIpc) is 2.66. The lowest BCUT2D eigenvalue weighted by molar-refractivity contribution is 0.268. The summed E-state index contributed by atoms with van der Waals surface area (Å²) in [5, 5.41) is 1.11. The van der Waals surface area contributed by atoms with Crippen LogP contribution in [0.3, 0.4) is 0 Å². The molecule has 0 radical (unpaired) electrons. The lowest BCUT2D eigenvalue weighted by Crippen LogP contribution is -1.94. The van der Waals surface area contributed by atoms with E-state index in [0.29, 0.717) is 32.8 Å². The number of hydrogen-bond acceptors (Lipinski definition) is 2. The predicted octanol–water partition coefficient (Wildman–Crippen LogP) is 4.93. The minimum atomic E-state index is 0.311. The Kier molecular flexibility index (Phi) is 3.79. The van der Waals surface area contributed by atoms with Gasteiger partial charge in [0, 0.05) is 11.1 Å². The number of hydrogen-bond donors (Lipinski definition) is 0. The van der Waals surface area contributed by atoms with Crippen LogP contribution in [0.5, 0.6) is 5.75 Å². The fourth-order valence-corrected chi connectivity index (χ4v) is 1.84. The molecule has 5 heteroatoms. The summed E-state index contributed by atoms with van der Waals surface area (Å²) in [6.07, 6.45) is 0. The van der Waals surface area contributed by atoms with Gasteiger partial charge in [-0.1, -0.05) is 23.2 Å². The van der Waals surface area contributed by atoms with Gasteiger partial charge in [0.1, 0.15) is 18.1 Å². The molecule has 2 aromatic rings. The van der Waals surface area contributed by atoms with Gasteiger partial charge in [0.25, 0.3) is 0 Å². The fraction of sp³-hybridized carbons (Fsp3) is 0.0909. The summed E-state index contributed by atoms with van der Waals surface area (Å²) in [6, 6.07) is 8.69. The predicted molar refractivity (Wildman–Crippen MR) is 67.2 cm³/mol. The van der Waals surface area contributed by atoms with Crippen LogP contribution in [0.15, 0.2) is 39.4 Å². The van der Waals surface area contributed by atoms with Crippen LogP contribution in [-0.4, -0.2) is 0 Å². The molecule has 1 aromatic carbocycles. The molecule has 16 heavy (non-hydrogen) atoms. The van der Waals surface area contributed by atoms with Gasteiger partial charge >= 0.3 is 0 Å². The van der Waals surface area contributed by atoms with E-state index < -0.39 is 0 Å². The third kappa shape index (κ3) is 2.94. The third-order valence-corrected chi connectivity index (χ3v) is 2.87. The topological polar surface area (TPSA) is 22.4 Å². The second kappa shape index (κ2) is 5.13. The van der Waals surface area contributed by atoms with Crippen LogP contribution in [-0.2, 0) is 6.61 Å². The molecular formula is C11H7BrCl2O2. The normalized spacial score (nSPS) is 10.4. The highest BCUT2D eigenvalue weighted by molar-refractivity contribution is 9.10. The second-order valence-electron chi connectivity index (χ2n) is 3.07. The molecule has 0 atom stereocenters. The Morgan fingerprint density at radius 2 is 2.00 bits per heavy atom. The molecule has 1 aromatic heterocycles. The number of rotatable bonds is 3. The molecule has 0 bridgehead atoms. The van der Waals surface area contributed by atoms with Gasteiger partial charge in [-0.25, -0.2) is 0 Å². The highest BCUT2D eigenvalue weighted by atomic mass is 79.9. The first-order valence-electron chi connectivity index (χ1n) is 4.47. The van der Waals surface area contributed by atoms with Crippen molar-refractivity contribution in [3.05, 3.63) is 50.8 Å². The van der Waals surface area contributed by atoms with Gasteiger partial charge in [-0.2, -0.15) is 0 Å². The monoisotopic (exact) mass is 320 g/mol. The minimum Gasteiger partial charge on any atom is -0.484 e. The first-order valence-corrected chi connectivity index (χ1v) is 6.02. The van der Waals surface area contributed by atoms with Crippen LogP contribution in [0.1, 0.15) is 5.76 Å². The summed E-state index contributed by atoms with van der Waals surface area (Å²) in [7, 11) is 0. The standard InChI is InChI=1S/C11H7BrCl2O2/c12-11-4-2-8(16-11)6-15-10-5-7(13)1-3-9(10)14/h1-5H,6H2. The lowest BCUT2D eigenvalue weighted by Gasteiger charge is -2.06. The number of furan rings is 1. The molecule has 0 saturated heterocycles. The Labute approximate surface area is 111 Å². The van der Waals surface area contributed by atoms with Crippen molar-refractivity contribution in [2.45, 2.75) is 6.61 Å². The summed E-state index contributed by atoms with van der Waals surface area (Å²) in [6.45, 7) is 0.311. The van der Waals surface area contributed by atoms with Gasteiger partial charge in [0.05, 0.1) is 5.02 Å². The average molecular weight is 322 g/mol. The molecule has 2 rings (SSSR count). The number of halogens is 3. The Morgan fingerprint density at radius 1 is 1.19 bits per heavy atom. The zero-order valence-corrected chi connectivity index (χ0v) is 11.1. The molecule has 2 nitrogen and oxygen atoms in total. The Morgan fingerprint density at radius 3 is 2.69 bits per heavy atom. The summed E-state index contributed by atoms with van der Waals surface area (Å²) >= 11 is 15.0. The van der Waals surface area contributed by atoms with Crippen molar-refractivity contribution >= 4 is 39.1 Å². The van der Waals surface area contributed by atoms with Crippen molar-refractivity contribution in [2.24, 2.45) is 0 Å². The van der Waals surface area contributed by atoms with Gasteiger partial charge < -0.3 is 9.15 Å². The van der Waals surface area contributed by atoms with Crippen LogP contribution in [0, 0.1) is 0 Å². The van der Waals surface area contributed by atoms with Crippen molar-refractivity contribution in [2.75, 3.05) is 0 Å². The summed E-state index contributed by atoms with van der Waals surface area (Å²) < 4.78 is 11.4. The first-order chi connectivity index (χ1) is 7.65. The van der Waals surface area contributed by atoms with Crippen LogP contribution < -0.4 is 4.74 Å². The van der Waals surface area contributed by atoms with E-state index in [4.69, 9.17) is 32.4 Å². The molecule has 0 N–H and O–H groups in total. The molecule has 0 amide bonds. The van der Waals surface area contributed by atoms with Crippen molar-refractivity contribution in [1.82, 2.24) is 0 Å². The fourth-order valence-electron chi connectivity index (χ4n) is 1.17. The van der Waals surface area contributed by atoms with Crippen molar-refractivity contribution < 1.29 is 9.15 Å². The maximum atomic E-state index is 5.94. The highest BCUT2D eigenvalue weighted by Gasteiger charge is 2.05. The van der Waals surface area contributed by atoms with E-state index in [-0.39, 0.29) is 0 Å². The molecule has 0 aliphatic heterocycles. The highest BCUT2D eigenvalue weighted by Crippen LogP contribution is 2.28. The molecule has 0 aliphatic rings. The van der Waals surface area contributed by atoms with Crippen molar-refractivity contribution in [3.63, 3.8) is 0 Å². The van der Waals surface area contributed by atoms with E-state index in [0.717, 1.165) is 0 Å². The Hall–Kier alpha value is -0.640. The van der Waals surface area contributed by atoms with Gasteiger partial charge in [-0.15, -0.1) is 0 Å². The van der Waals surface area contributed by atoms with Crippen LogP contribution in [0.25, 0.3) is 0 Å². The molecule has 0 saturated carbocycles. The maximum absolute atomic E-state index is 5.94. The molecular weight excluding hydrogens is 315 g/mol. The summed E-state index contributed by atoms with van der Waals surface area (Å²) in [5.41, 5.74) is 0. The molecule has 0 unspecified atom stereocenters. The number of benzene rings is 1. The van der Waals surface area contributed by atoms with E-state index in [1.807, 2.05) is 6.07 Å². The van der Waals surface area contributed by atoms with Gasteiger partial charge in [-0.05, 0) is 40.2 Å². The zero-order valence-electron chi connectivity index (χ0n) is 8.04. The minimum absolute atomic E-state index is 0.311. The van der Waals surface area contributed by atoms with Crippen molar-refractivity contribution in [1.29, 1.82) is 0 Å². The lowest BCUT2D eigenvalue weighted by atomic mass is 10.3. The number of ether oxygens (including phenoxy) is 1. The summed E-state index contributed by atoms with van der Waals surface area (Å²) in [4.78, 5) is 0. The van der Waals surface area contributed by atoms with E-state index in [2.05, 4.69) is 15.9 Å². The molecule has 0 spiro atoms. The Balaban J connectivity index is 2.07. The summed E-state index contributed by atoms with van der Waals surface area (Å²) in [5.74, 6) is 1.25. The van der Waals surface area contributed by atoms with Gasteiger partial charge in [-0.3, -0.25) is 0 Å². The molecule has 84 valence electrons. The first kappa shape index (κ1) is 11.8. The zero-order chi connectivity index (χ0) is 11.5. The largest absolute Gasteiger partial charge is 0.484 e. The maximum Gasteiger partial charge on any atom is 0.169 e. The smallest absolute Gasteiger partial charge is 0.169 e. The molecule has 1 heterocycles. The van der Waals surface area contributed by atoms with Crippen LogP contribution in [0.2, 0.25) is 10.0 Å². The van der Waals surface area contributed by atoms with E-state index >= 15 is 0 Å². The molecule has 0 aliphatic carbocycles.